The van der Waals surface area contributed by atoms with Crippen molar-refractivity contribution in [2.75, 3.05) is 20.5 Å². The van der Waals surface area contributed by atoms with Crippen molar-refractivity contribution < 1.29 is 22.7 Å². The Kier molecular flexibility index (Phi) is 4.49. The molecule has 5 nitrogen and oxygen atoms in total. The lowest BCUT2D eigenvalue weighted by Crippen LogP contribution is -2.01. The number of benzene rings is 1. The first-order chi connectivity index (χ1) is 8.38. The highest BCUT2D eigenvalue weighted by molar-refractivity contribution is 7.90. The Hall–Kier alpha value is -1.82. The second kappa shape index (κ2) is 5.68. The summed E-state index contributed by atoms with van der Waals surface area (Å²) in [6, 6.07) is 4.52. The van der Waals surface area contributed by atoms with Crippen molar-refractivity contribution in [2.24, 2.45) is 0 Å². The van der Waals surface area contributed by atoms with Crippen LogP contribution in [0.2, 0.25) is 0 Å². The Morgan fingerprint density at radius 1 is 1.28 bits per heavy atom. The Morgan fingerprint density at radius 2 is 1.94 bits per heavy atom. The second-order valence-electron chi connectivity index (χ2n) is 3.53. The molecule has 0 aliphatic heterocycles. The summed E-state index contributed by atoms with van der Waals surface area (Å²) in [5.41, 5.74) is 0.377. The molecule has 0 aromatic heterocycles. The van der Waals surface area contributed by atoms with Crippen molar-refractivity contribution in [1.82, 2.24) is 0 Å². The molecule has 1 rings (SSSR count). The van der Waals surface area contributed by atoms with E-state index in [1.807, 2.05) is 0 Å². The van der Waals surface area contributed by atoms with E-state index in [4.69, 9.17) is 4.74 Å². The van der Waals surface area contributed by atoms with Gasteiger partial charge in [-0.1, -0.05) is 0 Å². The summed E-state index contributed by atoms with van der Waals surface area (Å²) in [4.78, 5) is 11.1. The molecule has 0 unspecified atom stereocenters. The largest absolute Gasteiger partial charge is 0.497 e. The SMILES string of the molecule is COC(=O)/C=C/c1cc(OC)ccc1S(C)(=O)=O. The van der Waals surface area contributed by atoms with Crippen LogP contribution in [0, 0.1) is 0 Å². The summed E-state index contributed by atoms with van der Waals surface area (Å²) in [6.45, 7) is 0. The molecule has 0 bridgehead atoms. The summed E-state index contributed by atoms with van der Waals surface area (Å²) in [6.07, 6.45) is 3.64. The van der Waals surface area contributed by atoms with Gasteiger partial charge >= 0.3 is 5.97 Å². The first-order valence-corrected chi connectivity index (χ1v) is 6.91. The van der Waals surface area contributed by atoms with Gasteiger partial charge in [-0.15, -0.1) is 0 Å². The zero-order valence-electron chi connectivity index (χ0n) is 10.3. The van der Waals surface area contributed by atoms with Crippen LogP contribution in [0.3, 0.4) is 0 Å². The fourth-order valence-corrected chi connectivity index (χ4v) is 2.22. The minimum absolute atomic E-state index is 0.128. The average Bonchev–Trinajstić information content (AvgIpc) is 2.34. The molecule has 0 N–H and O–H groups in total. The van der Waals surface area contributed by atoms with Crippen LogP contribution in [-0.2, 0) is 19.4 Å². The summed E-state index contributed by atoms with van der Waals surface area (Å²) in [7, 11) is -0.651. The fourth-order valence-electron chi connectivity index (χ4n) is 1.35. The van der Waals surface area contributed by atoms with E-state index in [0.717, 1.165) is 12.3 Å². The number of hydrogen-bond donors (Lipinski definition) is 0. The molecule has 0 radical (unpaired) electrons. The minimum atomic E-state index is -3.37. The molecule has 6 heteroatoms. The van der Waals surface area contributed by atoms with Crippen molar-refractivity contribution in [1.29, 1.82) is 0 Å². The molecule has 0 heterocycles. The van der Waals surface area contributed by atoms with Crippen LogP contribution in [0.1, 0.15) is 5.56 Å². The maximum absolute atomic E-state index is 11.6. The van der Waals surface area contributed by atoms with E-state index in [1.54, 1.807) is 6.07 Å². The molecule has 18 heavy (non-hydrogen) atoms. The van der Waals surface area contributed by atoms with Crippen molar-refractivity contribution >= 4 is 21.9 Å². The average molecular weight is 270 g/mol. The van der Waals surface area contributed by atoms with Gasteiger partial charge < -0.3 is 9.47 Å². The van der Waals surface area contributed by atoms with Gasteiger partial charge in [0, 0.05) is 12.3 Å². The Morgan fingerprint density at radius 3 is 2.44 bits per heavy atom. The Labute approximate surface area is 106 Å². The molecule has 0 aliphatic carbocycles. The molecule has 0 fully saturated rings. The topological polar surface area (TPSA) is 69.7 Å². The van der Waals surface area contributed by atoms with E-state index in [0.29, 0.717) is 11.3 Å². The minimum Gasteiger partial charge on any atom is -0.497 e. The van der Waals surface area contributed by atoms with Gasteiger partial charge in [0.2, 0.25) is 0 Å². The van der Waals surface area contributed by atoms with Gasteiger partial charge in [-0.3, -0.25) is 0 Å². The van der Waals surface area contributed by atoms with E-state index in [-0.39, 0.29) is 4.90 Å². The molecule has 0 saturated carbocycles. The van der Waals surface area contributed by atoms with Gasteiger partial charge in [-0.25, -0.2) is 13.2 Å². The fraction of sp³-hybridized carbons (Fsp3) is 0.250. The standard InChI is InChI=1S/C12H14O5S/c1-16-10-5-6-11(18(3,14)15)9(8-10)4-7-12(13)17-2/h4-8H,1-3H3/b7-4+. The number of carbonyl (C=O) groups excluding carboxylic acids is 1. The smallest absolute Gasteiger partial charge is 0.330 e. The first-order valence-electron chi connectivity index (χ1n) is 5.02. The van der Waals surface area contributed by atoms with E-state index >= 15 is 0 Å². The number of rotatable bonds is 4. The lowest BCUT2D eigenvalue weighted by atomic mass is 10.2. The number of hydrogen-bond acceptors (Lipinski definition) is 5. The highest BCUT2D eigenvalue weighted by atomic mass is 32.2. The van der Waals surface area contributed by atoms with E-state index in [9.17, 15) is 13.2 Å². The van der Waals surface area contributed by atoms with E-state index in [1.165, 1.54) is 32.4 Å². The van der Waals surface area contributed by atoms with Gasteiger partial charge in [0.15, 0.2) is 9.84 Å². The molecule has 0 spiro atoms. The normalized spacial score (nSPS) is 11.5. The summed E-state index contributed by atoms with van der Waals surface area (Å²) in [5.74, 6) is -0.0517. The zero-order chi connectivity index (χ0) is 13.8. The van der Waals surface area contributed by atoms with Gasteiger partial charge in [-0.2, -0.15) is 0 Å². The molecule has 1 aromatic carbocycles. The number of carbonyl (C=O) groups is 1. The lowest BCUT2D eigenvalue weighted by Gasteiger charge is -2.06. The Bertz CT molecular complexity index is 572. The number of sulfone groups is 1. The van der Waals surface area contributed by atoms with E-state index in [2.05, 4.69) is 4.74 Å². The zero-order valence-corrected chi connectivity index (χ0v) is 11.2. The molecule has 0 amide bonds. The molecule has 0 atom stereocenters. The maximum Gasteiger partial charge on any atom is 0.330 e. The van der Waals surface area contributed by atoms with Gasteiger partial charge in [0.1, 0.15) is 5.75 Å². The molecular formula is C12H14O5S. The summed E-state index contributed by atoms with van der Waals surface area (Å²) >= 11 is 0. The summed E-state index contributed by atoms with van der Waals surface area (Å²) < 4.78 is 32.6. The van der Waals surface area contributed by atoms with Crippen molar-refractivity contribution in [3.63, 3.8) is 0 Å². The van der Waals surface area contributed by atoms with Crippen LogP contribution < -0.4 is 4.74 Å². The van der Waals surface area contributed by atoms with E-state index < -0.39 is 15.8 Å². The van der Waals surface area contributed by atoms with Crippen molar-refractivity contribution in [2.45, 2.75) is 4.90 Å². The van der Waals surface area contributed by atoms with Gasteiger partial charge in [0.25, 0.3) is 0 Å². The first kappa shape index (κ1) is 14.2. The number of methoxy groups -OCH3 is 2. The van der Waals surface area contributed by atoms with Crippen LogP contribution in [0.25, 0.3) is 6.08 Å². The predicted molar refractivity (Wildman–Crippen MR) is 67.2 cm³/mol. The van der Waals surface area contributed by atoms with Gasteiger partial charge in [-0.05, 0) is 29.8 Å². The van der Waals surface area contributed by atoms with Crippen LogP contribution in [0.4, 0.5) is 0 Å². The molecule has 98 valence electrons. The number of esters is 1. The molecule has 0 saturated heterocycles. The molecule has 0 aliphatic rings. The van der Waals surface area contributed by atoms with Crippen molar-refractivity contribution in [3.05, 3.63) is 29.8 Å². The van der Waals surface area contributed by atoms with Gasteiger partial charge in [0.05, 0.1) is 19.1 Å². The highest BCUT2D eigenvalue weighted by Gasteiger charge is 2.12. The molecular weight excluding hydrogens is 256 g/mol. The van der Waals surface area contributed by atoms with Crippen molar-refractivity contribution in [3.8, 4) is 5.75 Å². The van der Waals surface area contributed by atoms with Crippen LogP contribution in [0.5, 0.6) is 5.75 Å². The van der Waals surface area contributed by atoms with Crippen LogP contribution >= 0.6 is 0 Å². The molecule has 1 aromatic rings. The second-order valence-corrected chi connectivity index (χ2v) is 5.52. The third kappa shape index (κ3) is 3.59. The third-order valence-electron chi connectivity index (χ3n) is 2.22. The van der Waals surface area contributed by atoms with Crippen LogP contribution in [0.15, 0.2) is 29.2 Å². The predicted octanol–water partition coefficient (Wildman–Crippen LogP) is 1.28. The quantitative estimate of drug-likeness (QED) is 0.609. The third-order valence-corrected chi connectivity index (χ3v) is 3.39. The van der Waals surface area contributed by atoms with Crippen LogP contribution in [-0.4, -0.2) is 34.9 Å². The monoisotopic (exact) mass is 270 g/mol. The Balaban J connectivity index is 3.29. The lowest BCUT2D eigenvalue weighted by molar-refractivity contribution is -0.134. The highest BCUT2D eigenvalue weighted by Crippen LogP contribution is 2.23. The summed E-state index contributed by atoms with van der Waals surface area (Å²) in [5, 5.41) is 0. The maximum atomic E-state index is 11.6. The number of ether oxygens (including phenoxy) is 2.